The first-order valence-electron chi connectivity index (χ1n) is 15.4. The van der Waals surface area contributed by atoms with Gasteiger partial charge >= 0.3 is 0 Å². The van der Waals surface area contributed by atoms with Gasteiger partial charge in [-0.25, -0.2) is 0 Å². The van der Waals surface area contributed by atoms with Gasteiger partial charge in [-0.05, 0) is 62.4 Å². The molecular weight excluding hydrogens is 715 g/mol. The summed E-state index contributed by atoms with van der Waals surface area (Å²) in [6, 6.07) is 16.2. The number of nitrogens with one attached hydrogen (secondary N) is 2. The largest absolute Gasteiger partial charge is 0.497 e. The molecule has 0 heterocycles. The van der Waals surface area contributed by atoms with Gasteiger partial charge in [0.1, 0.15) is 23.0 Å². The number of halogens is 2. The number of Topliss-reactive ketones (excluding diaryl/α,β-unsaturated/α-hetero) is 2. The summed E-state index contributed by atoms with van der Waals surface area (Å²) in [5.74, 6) is -0.854. The molecule has 0 aliphatic carbocycles. The highest BCUT2D eigenvalue weighted by molar-refractivity contribution is 6.36. The third-order valence-electron chi connectivity index (χ3n) is 7.37. The molecule has 0 bridgehead atoms. The van der Waals surface area contributed by atoms with Gasteiger partial charge in [0.2, 0.25) is 12.1 Å². The molecular formula is C36H34Cl2N6O8. The van der Waals surface area contributed by atoms with E-state index >= 15 is 0 Å². The quantitative estimate of drug-likeness (QED) is 0.0905. The van der Waals surface area contributed by atoms with Gasteiger partial charge in [0.15, 0.2) is 11.6 Å². The molecule has 0 saturated carbocycles. The molecule has 52 heavy (non-hydrogen) atoms. The summed E-state index contributed by atoms with van der Waals surface area (Å²) in [6.45, 7) is 2.45. The molecule has 0 aliphatic heterocycles. The van der Waals surface area contributed by atoms with Crippen LogP contribution in [0.15, 0.2) is 93.3 Å². The van der Waals surface area contributed by atoms with E-state index in [0.717, 1.165) is 0 Å². The van der Waals surface area contributed by atoms with Crippen molar-refractivity contribution in [2.45, 2.75) is 25.9 Å². The fourth-order valence-corrected chi connectivity index (χ4v) is 5.23. The number of carbonyl (C=O) groups excluding carboxylic acids is 4. The van der Waals surface area contributed by atoms with Gasteiger partial charge in [-0.2, -0.15) is 20.5 Å². The van der Waals surface area contributed by atoms with Gasteiger partial charge in [0.25, 0.3) is 11.8 Å². The SMILES string of the molecule is COc1ccc(OC)c(NC(=O)C(N=Nc2ccc(-c3ccc(N=NC(C(C)=O)C(=O)Nc4cc(OC)ccc4OC)cc3Cl)c(Cl)c2)C(C)=O)c1. The minimum atomic E-state index is -1.45. The standard InChI is InChI=1S/C36H34Cl2N6O8/c1-19(45)33(35(47)39-29-17-23(49-3)9-13-31(29)51-5)43-41-21-7-11-25(27(37)15-21)26-12-8-22(16-28(26)38)42-44-34(20(2)46)36(48)40-30-18-24(50-4)10-14-32(30)52-6/h7-18,33-34H,1-6H3,(H,39,47)(H,40,48). The fraction of sp³-hybridized carbons (Fsp3) is 0.222. The highest BCUT2D eigenvalue weighted by atomic mass is 35.5. The van der Waals surface area contributed by atoms with Gasteiger partial charge in [-0.15, -0.1) is 0 Å². The second kappa shape index (κ2) is 17.9. The molecule has 2 amide bonds. The molecule has 16 heteroatoms. The normalized spacial score (nSPS) is 12.2. The van der Waals surface area contributed by atoms with E-state index < -0.39 is 35.5 Å². The van der Waals surface area contributed by atoms with Gasteiger partial charge in [-0.1, -0.05) is 35.3 Å². The number of rotatable bonds is 15. The Balaban J connectivity index is 1.49. The van der Waals surface area contributed by atoms with Crippen LogP contribution in [0.2, 0.25) is 10.0 Å². The zero-order valence-corrected chi connectivity index (χ0v) is 30.4. The van der Waals surface area contributed by atoms with Crippen molar-refractivity contribution >= 4 is 69.3 Å². The zero-order valence-electron chi connectivity index (χ0n) is 28.9. The van der Waals surface area contributed by atoms with Crippen LogP contribution in [-0.4, -0.2) is 63.9 Å². The Hall–Kier alpha value is -5.86. The highest BCUT2D eigenvalue weighted by Crippen LogP contribution is 2.38. The number of azo groups is 2. The van der Waals surface area contributed by atoms with Crippen LogP contribution in [0, 0.1) is 0 Å². The van der Waals surface area contributed by atoms with Crippen LogP contribution in [0.5, 0.6) is 23.0 Å². The monoisotopic (exact) mass is 748 g/mol. The van der Waals surface area contributed by atoms with E-state index in [0.29, 0.717) is 45.5 Å². The molecule has 0 aliphatic rings. The summed E-state index contributed by atoms with van der Waals surface area (Å²) in [5, 5.41) is 21.9. The minimum Gasteiger partial charge on any atom is -0.497 e. The van der Waals surface area contributed by atoms with Crippen LogP contribution in [-0.2, 0) is 19.2 Å². The number of amides is 2. The molecule has 2 atom stereocenters. The molecule has 0 saturated heterocycles. The molecule has 2 unspecified atom stereocenters. The lowest BCUT2D eigenvalue weighted by atomic mass is 10.0. The number of methoxy groups -OCH3 is 4. The maximum Gasteiger partial charge on any atom is 0.258 e. The van der Waals surface area contributed by atoms with E-state index in [1.807, 2.05) is 0 Å². The molecule has 0 fully saturated rings. The molecule has 4 rings (SSSR count). The van der Waals surface area contributed by atoms with E-state index in [1.165, 1.54) is 54.4 Å². The summed E-state index contributed by atoms with van der Waals surface area (Å²) < 4.78 is 21.0. The third-order valence-corrected chi connectivity index (χ3v) is 7.99. The number of anilines is 2. The molecule has 4 aromatic carbocycles. The average Bonchev–Trinajstić information content (AvgIpc) is 3.11. The minimum absolute atomic E-state index is 0.249. The summed E-state index contributed by atoms with van der Waals surface area (Å²) in [4.78, 5) is 50.7. The fourth-order valence-electron chi connectivity index (χ4n) is 4.68. The van der Waals surface area contributed by atoms with Crippen LogP contribution in [0.1, 0.15) is 13.8 Å². The number of benzene rings is 4. The first kappa shape index (κ1) is 38.9. The van der Waals surface area contributed by atoms with Crippen molar-refractivity contribution in [3.63, 3.8) is 0 Å². The first-order valence-corrected chi connectivity index (χ1v) is 16.1. The van der Waals surface area contributed by atoms with Crippen molar-refractivity contribution in [2.75, 3.05) is 39.1 Å². The Morgan fingerprint density at radius 2 is 0.942 bits per heavy atom. The van der Waals surface area contributed by atoms with Crippen LogP contribution in [0.4, 0.5) is 22.7 Å². The number of carbonyl (C=O) groups is 4. The Labute approximate surface area is 309 Å². The molecule has 14 nitrogen and oxygen atoms in total. The lowest BCUT2D eigenvalue weighted by molar-refractivity contribution is -0.127. The molecule has 0 radical (unpaired) electrons. The number of hydrogen-bond acceptors (Lipinski definition) is 12. The lowest BCUT2D eigenvalue weighted by Crippen LogP contribution is -2.32. The molecule has 270 valence electrons. The van der Waals surface area contributed by atoms with Gasteiger partial charge in [0.05, 0.1) is 61.2 Å². The summed E-state index contributed by atoms with van der Waals surface area (Å²) in [6.07, 6.45) is 0. The van der Waals surface area contributed by atoms with Crippen molar-refractivity contribution in [3.8, 4) is 34.1 Å². The summed E-state index contributed by atoms with van der Waals surface area (Å²) >= 11 is 13.2. The van der Waals surface area contributed by atoms with Crippen LogP contribution in [0.25, 0.3) is 11.1 Å². The number of ether oxygens (including phenoxy) is 4. The Bertz CT molecular complexity index is 1910. The van der Waals surface area contributed by atoms with E-state index in [-0.39, 0.29) is 21.4 Å². The van der Waals surface area contributed by atoms with Crippen LogP contribution >= 0.6 is 23.2 Å². The zero-order chi connectivity index (χ0) is 37.9. The Kier molecular flexibility index (Phi) is 13.4. The topological polar surface area (TPSA) is 179 Å². The van der Waals surface area contributed by atoms with Crippen molar-refractivity contribution in [1.29, 1.82) is 0 Å². The van der Waals surface area contributed by atoms with Crippen molar-refractivity contribution in [3.05, 3.63) is 82.8 Å². The van der Waals surface area contributed by atoms with Gasteiger partial charge < -0.3 is 29.6 Å². The number of nitrogens with zero attached hydrogens (tertiary/aromatic N) is 4. The van der Waals surface area contributed by atoms with E-state index in [2.05, 4.69) is 31.1 Å². The van der Waals surface area contributed by atoms with Crippen molar-refractivity contribution in [2.24, 2.45) is 20.5 Å². The van der Waals surface area contributed by atoms with Crippen LogP contribution < -0.4 is 29.6 Å². The van der Waals surface area contributed by atoms with Crippen LogP contribution in [0.3, 0.4) is 0 Å². The van der Waals surface area contributed by atoms with Crippen molar-refractivity contribution in [1.82, 2.24) is 0 Å². The summed E-state index contributed by atoms with van der Waals surface area (Å²) in [5.41, 5.74) is 2.20. The predicted octanol–water partition coefficient (Wildman–Crippen LogP) is 8.05. The number of ketones is 2. The lowest BCUT2D eigenvalue weighted by Gasteiger charge is -2.14. The van der Waals surface area contributed by atoms with Gasteiger partial charge in [0, 0.05) is 23.3 Å². The van der Waals surface area contributed by atoms with Crippen molar-refractivity contribution < 1.29 is 38.1 Å². The molecule has 2 N–H and O–H groups in total. The maximum atomic E-state index is 13.0. The second-order valence-corrected chi connectivity index (χ2v) is 11.7. The molecule has 4 aromatic rings. The maximum absolute atomic E-state index is 13.0. The average molecular weight is 750 g/mol. The van der Waals surface area contributed by atoms with E-state index in [9.17, 15) is 19.2 Å². The smallest absolute Gasteiger partial charge is 0.258 e. The number of hydrogen-bond donors (Lipinski definition) is 2. The predicted molar refractivity (Wildman–Crippen MR) is 196 cm³/mol. The first-order chi connectivity index (χ1) is 24.9. The Morgan fingerprint density at radius 1 is 0.558 bits per heavy atom. The molecule has 0 spiro atoms. The summed E-state index contributed by atoms with van der Waals surface area (Å²) in [7, 11) is 5.84. The van der Waals surface area contributed by atoms with E-state index in [4.69, 9.17) is 42.1 Å². The second-order valence-electron chi connectivity index (χ2n) is 10.9. The van der Waals surface area contributed by atoms with Gasteiger partial charge in [-0.3, -0.25) is 19.2 Å². The highest BCUT2D eigenvalue weighted by Gasteiger charge is 2.26. The third kappa shape index (κ3) is 9.68. The Morgan fingerprint density at radius 3 is 1.25 bits per heavy atom. The molecule has 0 aromatic heterocycles. The van der Waals surface area contributed by atoms with E-state index in [1.54, 1.807) is 60.7 Å².